The van der Waals surface area contributed by atoms with E-state index in [-0.39, 0.29) is 51.8 Å². The molecule has 11 heteroatoms. The molecule has 2 N–H and O–H groups in total. The number of aliphatic carboxylic acids is 1. The third kappa shape index (κ3) is 6.63. The Hall–Kier alpha value is -1.17. The van der Waals surface area contributed by atoms with Crippen LogP contribution in [-0.4, -0.2) is 98.5 Å². The smallest absolute Gasteiger partial charge is 0.308 e. The van der Waals surface area contributed by atoms with Crippen molar-refractivity contribution >= 4 is 29.3 Å². The summed E-state index contributed by atoms with van der Waals surface area (Å²) in [7, 11) is 1.81. The van der Waals surface area contributed by atoms with Crippen LogP contribution >= 0.6 is 23.4 Å². The number of hydrogen-bond donors (Lipinski definition) is 2. The van der Waals surface area contributed by atoms with Crippen LogP contribution < -0.4 is 10.9 Å². The second kappa shape index (κ2) is 13.5. The lowest BCUT2D eigenvalue weighted by Gasteiger charge is -2.47. The summed E-state index contributed by atoms with van der Waals surface area (Å²) in [6.07, 6.45) is 8.48. The number of methoxy groups -OCH3 is 1. The zero-order chi connectivity index (χ0) is 31.2. The lowest BCUT2D eigenvalue weighted by atomic mass is 9.70. The van der Waals surface area contributed by atoms with E-state index in [9.17, 15) is 14.7 Å². The summed E-state index contributed by atoms with van der Waals surface area (Å²) in [5, 5.41) is 13.8. The summed E-state index contributed by atoms with van der Waals surface area (Å²) in [5.41, 5.74) is 1.91. The Morgan fingerprint density at radius 1 is 1.20 bits per heavy atom. The van der Waals surface area contributed by atoms with E-state index >= 15 is 0 Å². The Labute approximate surface area is 271 Å². The van der Waals surface area contributed by atoms with E-state index in [2.05, 4.69) is 24.1 Å². The number of aromatic nitrogens is 2. The molecule has 1 saturated carbocycles. The van der Waals surface area contributed by atoms with Crippen LogP contribution in [-0.2, 0) is 33.7 Å². The predicted molar refractivity (Wildman–Crippen MR) is 174 cm³/mol. The van der Waals surface area contributed by atoms with Crippen molar-refractivity contribution in [2.24, 2.45) is 17.8 Å². The number of nitrogens with one attached hydrogen (secondary N) is 1. The first-order valence-corrected chi connectivity index (χ1v) is 18.3. The van der Waals surface area contributed by atoms with Crippen molar-refractivity contribution in [2.45, 2.75) is 126 Å². The van der Waals surface area contributed by atoms with Gasteiger partial charge < -0.3 is 19.9 Å². The lowest BCUT2D eigenvalue weighted by molar-refractivity contribution is -0.142. The molecule has 5 aliphatic rings. The molecule has 0 bridgehead atoms. The minimum Gasteiger partial charge on any atom is -0.481 e. The summed E-state index contributed by atoms with van der Waals surface area (Å²) in [6, 6.07) is 0.630. The highest BCUT2D eigenvalue weighted by Crippen LogP contribution is 2.48. The van der Waals surface area contributed by atoms with Gasteiger partial charge >= 0.3 is 5.97 Å². The molecule has 1 aromatic heterocycles. The molecule has 246 valence electrons. The molecule has 0 aromatic carbocycles. The molecular formula is C33H51ClN4O5S. The van der Waals surface area contributed by atoms with Gasteiger partial charge in [0.05, 0.1) is 36.5 Å². The van der Waals surface area contributed by atoms with E-state index in [1.165, 1.54) is 0 Å². The number of hydrogen-bond acceptors (Lipinski definition) is 8. The summed E-state index contributed by atoms with van der Waals surface area (Å²) < 4.78 is 14.2. The third-order valence-corrected chi connectivity index (χ3v) is 13.6. The number of rotatable bonds is 8. The number of carbonyl (C=O) groups is 1. The first-order chi connectivity index (χ1) is 21.1. The fourth-order valence-corrected chi connectivity index (χ4v) is 11.0. The van der Waals surface area contributed by atoms with Crippen molar-refractivity contribution in [1.29, 1.82) is 0 Å². The number of carboxylic acids is 1. The largest absolute Gasteiger partial charge is 0.481 e. The van der Waals surface area contributed by atoms with Crippen molar-refractivity contribution in [1.82, 2.24) is 19.8 Å². The Kier molecular flexibility index (Phi) is 10.1. The van der Waals surface area contributed by atoms with Crippen molar-refractivity contribution < 1.29 is 19.4 Å². The zero-order valence-electron chi connectivity index (χ0n) is 26.8. The average molecular weight is 651 g/mol. The number of halogens is 1. The molecular weight excluding hydrogens is 600 g/mol. The molecule has 4 fully saturated rings. The molecule has 4 heterocycles. The van der Waals surface area contributed by atoms with E-state index in [0.717, 1.165) is 88.0 Å². The van der Waals surface area contributed by atoms with Gasteiger partial charge in [-0.1, -0.05) is 0 Å². The van der Waals surface area contributed by atoms with E-state index in [0.29, 0.717) is 30.9 Å². The predicted octanol–water partition coefficient (Wildman–Crippen LogP) is 3.89. The first-order valence-electron chi connectivity index (χ1n) is 16.8. The zero-order valence-corrected chi connectivity index (χ0v) is 28.4. The molecule has 9 atom stereocenters. The molecule has 6 rings (SSSR count). The van der Waals surface area contributed by atoms with Crippen LogP contribution in [0.3, 0.4) is 0 Å². The van der Waals surface area contributed by atoms with E-state index < -0.39 is 5.97 Å². The molecule has 3 saturated heterocycles. The van der Waals surface area contributed by atoms with Gasteiger partial charge in [-0.15, -0.1) is 11.6 Å². The normalized spacial score (nSPS) is 37.3. The van der Waals surface area contributed by atoms with Gasteiger partial charge in [0.2, 0.25) is 0 Å². The van der Waals surface area contributed by atoms with E-state index in [1.807, 2.05) is 30.4 Å². The number of nitrogens with zero attached hydrogens (tertiary/aromatic N) is 3. The van der Waals surface area contributed by atoms with Crippen LogP contribution in [0.4, 0.5) is 0 Å². The van der Waals surface area contributed by atoms with Crippen molar-refractivity contribution in [2.75, 3.05) is 32.6 Å². The maximum absolute atomic E-state index is 13.8. The van der Waals surface area contributed by atoms with Crippen LogP contribution in [0.5, 0.6) is 0 Å². The molecule has 3 aliphatic heterocycles. The van der Waals surface area contributed by atoms with Gasteiger partial charge in [-0.25, -0.2) is 4.98 Å². The highest BCUT2D eigenvalue weighted by atomic mass is 35.5. The highest BCUT2D eigenvalue weighted by Gasteiger charge is 2.51. The molecule has 9 unspecified atom stereocenters. The van der Waals surface area contributed by atoms with Crippen molar-refractivity contribution in [3.8, 4) is 0 Å². The topological polar surface area (TPSA) is 106 Å². The number of fused-ring (bicyclic) bond motifs is 2. The fourth-order valence-electron chi connectivity index (χ4n) is 8.86. The summed E-state index contributed by atoms with van der Waals surface area (Å²) in [6.45, 7) is 9.27. The van der Waals surface area contributed by atoms with Crippen LogP contribution in [0, 0.1) is 24.7 Å². The molecule has 9 nitrogen and oxygen atoms in total. The van der Waals surface area contributed by atoms with Crippen molar-refractivity contribution in [3.05, 3.63) is 27.4 Å². The standard InChI is InChI=1S/C33H51ClN4O5S/c1-19-15-24(30-29(35-19)26(18-44-30)32(40)41)23-16-21(34)5-8-28(23)43-14-13-38-20(2)36-27-7-6-22(17-25(27)31(38)39)37-11-9-33(3,42-4)10-12-37/h19,21-24,26,28-30,35H,5-18H2,1-4H3,(H,40,41). The van der Waals surface area contributed by atoms with E-state index in [1.54, 1.807) is 0 Å². The fraction of sp³-hybridized carbons (Fsp3) is 0.848. The van der Waals surface area contributed by atoms with Crippen LogP contribution in [0.1, 0.15) is 75.9 Å². The van der Waals surface area contributed by atoms with Crippen LogP contribution in [0.25, 0.3) is 0 Å². The van der Waals surface area contributed by atoms with Crippen LogP contribution in [0.2, 0.25) is 0 Å². The molecule has 44 heavy (non-hydrogen) atoms. The van der Waals surface area contributed by atoms with Gasteiger partial charge in [-0.05, 0) is 90.4 Å². The van der Waals surface area contributed by atoms with Gasteiger partial charge in [0.15, 0.2) is 0 Å². The summed E-state index contributed by atoms with van der Waals surface area (Å²) in [4.78, 5) is 33.3. The number of carboxylic acid groups (broad SMARTS) is 1. The second-order valence-electron chi connectivity index (χ2n) is 14.3. The Morgan fingerprint density at radius 3 is 2.70 bits per heavy atom. The number of thioether (sulfide) groups is 1. The number of aryl methyl sites for hydroxylation is 2. The van der Waals surface area contributed by atoms with Gasteiger partial charge in [0, 0.05) is 60.3 Å². The maximum atomic E-state index is 13.8. The summed E-state index contributed by atoms with van der Waals surface area (Å²) >= 11 is 8.56. The molecule has 2 aliphatic carbocycles. The Morgan fingerprint density at radius 2 is 1.98 bits per heavy atom. The number of alkyl halides is 1. The molecule has 0 radical (unpaired) electrons. The van der Waals surface area contributed by atoms with Gasteiger partial charge in [0.1, 0.15) is 5.82 Å². The Bertz CT molecular complexity index is 1260. The summed E-state index contributed by atoms with van der Waals surface area (Å²) in [5.74, 6) is 1.02. The highest BCUT2D eigenvalue weighted by molar-refractivity contribution is 8.00. The second-order valence-corrected chi connectivity index (χ2v) is 16.2. The van der Waals surface area contributed by atoms with Crippen molar-refractivity contribution in [3.63, 3.8) is 0 Å². The number of piperidine rings is 2. The number of ether oxygens (including phenoxy) is 2. The Balaban J connectivity index is 1.12. The SMILES string of the molecule is COC1(C)CCN(C2CCc3nc(C)n(CCOC4CCC(Cl)CC4C4CC(C)NC5C(C(=O)O)CSC45)c(=O)c3C2)CC1. The van der Waals surface area contributed by atoms with Crippen LogP contribution in [0.15, 0.2) is 4.79 Å². The lowest BCUT2D eigenvalue weighted by Crippen LogP contribution is -2.57. The van der Waals surface area contributed by atoms with Gasteiger partial charge in [0.25, 0.3) is 5.56 Å². The monoisotopic (exact) mass is 650 g/mol. The maximum Gasteiger partial charge on any atom is 0.308 e. The quantitative estimate of drug-likeness (QED) is 0.406. The minimum absolute atomic E-state index is 0.0105. The average Bonchev–Trinajstić information content (AvgIpc) is 3.43. The van der Waals surface area contributed by atoms with Gasteiger partial charge in [-0.3, -0.25) is 19.1 Å². The molecule has 1 aromatic rings. The number of likely N-dealkylation sites (tertiary alicyclic amines) is 1. The molecule has 0 spiro atoms. The molecule has 0 amide bonds. The minimum atomic E-state index is -0.701. The first kappa shape index (κ1) is 32.8. The third-order valence-electron chi connectivity index (χ3n) is 11.6. The van der Waals surface area contributed by atoms with E-state index in [4.69, 9.17) is 26.1 Å². The van der Waals surface area contributed by atoms with Gasteiger partial charge in [-0.2, -0.15) is 11.8 Å².